The molecule has 5 heteroatoms. The Morgan fingerprint density at radius 3 is 2.47 bits per heavy atom. The number of amides is 1. The first kappa shape index (κ1) is 10.6. The number of alkyl halides is 3. The summed E-state index contributed by atoms with van der Waals surface area (Å²) in [6, 6.07) is 4.01. The second-order valence-corrected chi connectivity index (χ2v) is 4.62. The molecule has 1 heterocycles. The predicted molar refractivity (Wildman–Crippen MR) is 55.6 cm³/mol. The van der Waals surface area contributed by atoms with Gasteiger partial charge in [-0.2, -0.15) is 13.2 Å². The molecule has 1 aliphatic carbocycles. The normalized spacial score (nSPS) is 21.0. The summed E-state index contributed by atoms with van der Waals surface area (Å²) in [4.78, 5) is 11.8. The minimum absolute atomic E-state index is 0.0373. The van der Waals surface area contributed by atoms with Crippen LogP contribution < -0.4 is 5.32 Å². The summed E-state index contributed by atoms with van der Waals surface area (Å²) >= 11 is 0. The van der Waals surface area contributed by atoms with Gasteiger partial charge in [-0.05, 0) is 24.5 Å². The fraction of sp³-hybridized carbons (Fsp3) is 0.417. The van der Waals surface area contributed by atoms with E-state index in [-0.39, 0.29) is 11.6 Å². The number of hydrogen-bond donors (Lipinski definition) is 1. The van der Waals surface area contributed by atoms with Crippen molar-refractivity contribution in [2.45, 2.75) is 30.9 Å². The van der Waals surface area contributed by atoms with Crippen LogP contribution in [0.1, 0.15) is 30.4 Å². The van der Waals surface area contributed by atoms with Crippen molar-refractivity contribution in [2.75, 3.05) is 5.32 Å². The second kappa shape index (κ2) is 3.03. The molecular weight excluding hydrogens is 231 g/mol. The van der Waals surface area contributed by atoms with Gasteiger partial charge in [0.15, 0.2) is 0 Å². The van der Waals surface area contributed by atoms with Gasteiger partial charge >= 0.3 is 6.18 Å². The van der Waals surface area contributed by atoms with Crippen LogP contribution in [0.15, 0.2) is 18.2 Å². The quantitative estimate of drug-likeness (QED) is 0.743. The molecule has 1 aromatic carbocycles. The lowest BCUT2D eigenvalue weighted by atomic mass is 9.65. The zero-order valence-corrected chi connectivity index (χ0v) is 8.90. The number of hydrogen-bond acceptors (Lipinski definition) is 1. The minimum Gasteiger partial charge on any atom is -0.324 e. The molecule has 1 aromatic rings. The van der Waals surface area contributed by atoms with Crippen LogP contribution in [0.2, 0.25) is 0 Å². The zero-order valence-electron chi connectivity index (χ0n) is 8.90. The third-order valence-electron chi connectivity index (χ3n) is 3.77. The molecule has 17 heavy (non-hydrogen) atoms. The Kier molecular flexibility index (Phi) is 1.89. The van der Waals surface area contributed by atoms with Crippen LogP contribution in [0.4, 0.5) is 18.9 Å². The number of para-hydroxylation sites is 1. The number of carbonyl (C=O) groups excluding carboxylic acids is 1. The average Bonchev–Trinajstić information content (AvgIpc) is 2.46. The highest BCUT2D eigenvalue weighted by Gasteiger charge is 2.53. The number of halogens is 3. The summed E-state index contributed by atoms with van der Waals surface area (Å²) in [5, 5.41) is 2.41. The van der Waals surface area contributed by atoms with E-state index >= 15 is 0 Å². The first-order valence-corrected chi connectivity index (χ1v) is 5.47. The molecule has 3 rings (SSSR count). The van der Waals surface area contributed by atoms with E-state index in [9.17, 15) is 18.0 Å². The van der Waals surface area contributed by atoms with E-state index in [4.69, 9.17) is 0 Å². The van der Waals surface area contributed by atoms with Gasteiger partial charge in [0, 0.05) is 0 Å². The van der Waals surface area contributed by atoms with Crippen LogP contribution in [0.25, 0.3) is 0 Å². The third-order valence-corrected chi connectivity index (χ3v) is 3.77. The molecule has 90 valence electrons. The van der Waals surface area contributed by atoms with Crippen molar-refractivity contribution >= 4 is 11.6 Å². The predicted octanol–water partition coefficient (Wildman–Crippen LogP) is 3.08. The van der Waals surface area contributed by atoms with E-state index in [2.05, 4.69) is 5.32 Å². The van der Waals surface area contributed by atoms with Crippen molar-refractivity contribution in [3.05, 3.63) is 29.3 Å². The second-order valence-electron chi connectivity index (χ2n) is 4.62. The average molecular weight is 241 g/mol. The van der Waals surface area contributed by atoms with Gasteiger partial charge < -0.3 is 5.32 Å². The maximum atomic E-state index is 12.8. The largest absolute Gasteiger partial charge is 0.418 e. The Morgan fingerprint density at radius 2 is 1.94 bits per heavy atom. The fourth-order valence-electron chi connectivity index (χ4n) is 2.70. The Balaban J connectivity index is 2.19. The molecule has 0 unspecified atom stereocenters. The van der Waals surface area contributed by atoms with Gasteiger partial charge in [0.1, 0.15) is 0 Å². The monoisotopic (exact) mass is 241 g/mol. The van der Waals surface area contributed by atoms with Gasteiger partial charge in [0.25, 0.3) is 0 Å². The Hall–Kier alpha value is -1.52. The molecule has 1 fully saturated rings. The summed E-state index contributed by atoms with van der Waals surface area (Å²) in [7, 11) is 0. The van der Waals surface area contributed by atoms with Crippen molar-refractivity contribution in [1.82, 2.24) is 0 Å². The summed E-state index contributed by atoms with van der Waals surface area (Å²) in [6.07, 6.45) is -2.24. The maximum Gasteiger partial charge on any atom is 0.418 e. The van der Waals surface area contributed by atoms with Crippen molar-refractivity contribution < 1.29 is 18.0 Å². The van der Waals surface area contributed by atoms with Crippen LogP contribution in [0.5, 0.6) is 0 Å². The molecule has 1 saturated carbocycles. The van der Waals surface area contributed by atoms with Crippen molar-refractivity contribution in [3.8, 4) is 0 Å². The summed E-state index contributed by atoms with van der Waals surface area (Å²) in [5.41, 5.74) is -0.947. The van der Waals surface area contributed by atoms with Crippen LogP contribution in [-0.2, 0) is 16.4 Å². The lowest BCUT2D eigenvalue weighted by Gasteiger charge is -2.36. The molecule has 1 aliphatic heterocycles. The molecule has 1 amide bonds. The van der Waals surface area contributed by atoms with E-state index in [1.807, 2.05) is 0 Å². The van der Waals surface area contributed by atoms with Gasteiger partial charge in [0.2, 0.25) is 5.91 Å². The lowest BCUT2D eigenvalue weighted by Crippen LogP contribution is -2.40. The maximum absolute atomic E-state index is 12.8. The van der Waals surface area contributed by atoms with E-state index in [1.165, 1.54) is 6.07 Å². The highest BCUT2D eigenvalue weighted by atomic mass is 19.4. The summed E-state index contributed by atoms with van der Waals surface area (Å²) < 4.78 is 38.4. The highest BCUT2D eigenvalue weighted by molar-refractivity contribution is 6.07. The first-order chi connectivity index (χ1) is 7.95. The number of nitrogens with one attached hydrogen (secondary N) is 1. The topological polar surface area (TPSA) is 29.1 Å². The Morgan fingerprint density at radius 1 is 1.24 bits per heavy atom. The molecule has 0 aromatic heterocycles. The SMILES string of the molecule is O=C1Nc2c(C(F)(F)F)cccc2C12CCC2. The van der Waals surface area contributed by atoms with Gasteiger partial charge in [-0.25, -0.2) is 0 Å². The van der Waals surface area contributed by atoms with Gasteiger partial charge in [-0.3, -0.25) is 4.79 Å². The van der Waals surface area contributed by atoms with Crippen LogP contribution in [0, 0.1) is 0 Å². The van der Waals surface area contributed by atoms with E-state index in [0.717, 1.165) is 12.5 Å². The summed E-state index contributed by atoms with van der Waals surface area (Å²) in [6.45, 7) is 0. The standard InChI is InChI=1S/C12H10F3NO/c13-12(14,15)8-4-1-3-7-9(8)16-10(17)11(7)5-2-6-11/h1,3-4H,2,5-6H2,(H,16,17). The van der Waals surface area contributed by atoms with E-state index in [0.29, 0.717) is 18.4 Å². The Labute approximate surface area is 95.8 Å². The molecule has 0 bridgehead atoms. The van der Waals surface area contributed by atoms with Crippen molar-refractivity contribution in [3.63, 3.8) is 0 Å². The molecule has 2 aliphatic rings. The number of fused-ring (bicyclic) bond motifs is 2. The van der Waals surface area contributed by atoms with Crippen LogP contribution in [0.3, 0.4) is 0 Å². The van der Waals surface area contributed by atoms with E-state index < -0.39 is 17.2 Å². The summed E-state index contributed by atoms with van der Waals surface area (Å²) in [5.74, 6) is -0.282. The van der Waals surface area contributed by atoms with Crippen LogP contribution >= 0.6 is 0 Å². The number of benzene rings is 1. The molecule has 1 spiro atoms. The molecule has 1 N–H and O–H groups in total. The fourth-order valence-corrected chi connectivity index (χ4v) is 2.70. The number of rotatable bonds is 0. The zero-order chi connectivity index (χ0) is 12.3. The van der Waals surface area contributed by atoms with Gasteiger partial charge in [-0.1, -0.05) is 18.6 Å². The molecule has 0 atom stereocenters. The van der Waals surface area contributed by atoms with Crippen molar-refractivity contribution in [2.24, 2.45) is 0 Å². The first-order valence-electron chi connectivity index (χ1n) is 5.47. The molecular formula is C12H10F3NO. The van der Waals surface area contributed by atoms with Gasteiger partial charge in [0.05, 0.1) is 16.7 Å². The van der Waals surface area contributed by atoms with E-state index in [1.54, 1.807) is 6.07 Å². The Bertz CT molecular complexity index is 503. The van der Waals surface area contributed by atoms with Gasteiger partial charge in [-0.15, -0.1) is 0 Å². The van der Waals surface area contributed by atoms with Crippen molar-refractivity contribution in [1.29, 1.82) is 0 Å². The molecule has 2 nitrogen and oxygen atoms in total. The highest BCUT2D eigenvalue weighted by Crippen LogP contribution is 2.53. The third kappa shape index (κ3) is 1.25. The lowest BCUT2D eigenvalue weighted by molar-refractivity contribution is -0.136. The van der Waals surface area contributed by atoms with Crippen LogP contribution in [-0.4, -0.2) is 5.91 Å². The minimum atomic E-state index is -4.42. The number of carbonyl (C=O) groups is 1. The number of anilines is 1. The smallest absolute Gasteiger partial charge is 0.324 e. The molecule has 0 radical (unpaired) electrons. The molecule has 0 saturated heterocycles.